The van der Waals surface area contributed by atoms with E-state index in [0.717, 1.165) is 10.9 Å². The number of hydrogen-bond acceptors (Lipinski definition) is 5. The monoisotopic (exact) mass is 426 g/mol. The lowest BCUT2D eigenvalue weighted by atomic mass is 10.2. The molecule has 1 aliphatic rings. The van der Waals surface area contributed by atoms with Crippen LogP contribution in [0.2, 0.25) is 0 Å². The number of carbonyl (C=O) groups excluding carboxylic acids is 2. The van der Waals surface area contributed by atoms with Crippen LogP contribution in [0.3, 0.4) is 0 Å². The first-order valence-electron chi connectivity index (χ1n) is 9.66. The minimum Gasteiger partial charge on any atom is -0.451 e. The molecule has 2 heterocycles. The molecule has 0 atom stereocenters. The molecule has 7 nitrogen and oxygen atoms in total. The molecule has 1 saturated heterocycles. The number of sulfonamides is 1. The van der Waals surface area contributed by atoms with E-state index >= 15 is 0 Å². The van der Waals surface area contributed by atoms with Gasteiger partial charge < -0.3 is 9.32 Å². The predicted molar refractivity (Wildman–Crippen MR) is 112 cm³/mol. The highest BCUT2D eigenvalue weighted by Crippen LogP contribution is 2.23. The largest absolute Gasteiger partial charge is 0.451 e. The Labute approximate surface area is 174 Å². The molecule has 0 saturated carbocycles. The van der Waals surface area contributed by atoms with Crippen molar-refractivity contribution in [3.63, 3.8) is 0 Å². The van der Waals surface area contributed by atoms with Gasteiger partial charge in [-0.15, -0.1) is 0 Å². The zero-order valence-electron chi connectivity index (χ0n) is 16.8. The molecule has 156 valence electrons. The van der Waals surface area contributed by atoms with E-state index in [0.29, 0.717) is 11.1 Å². The van der Waals surface area contributed by atoms with Gasteiger partial charge in [0, 0.05) is 37.1 Å². The zero-order valence-corrected chi connectivity index (χ0v) is 17.6. The fraction of sp³-hybridized carbons (Fsp3) is 0.273. The maximum absolute atomic E-state index is 12.9. The molecule has 1 aromatic heterocycles. The van der Waals surface area contributed by atoms with E-state index in [1.54, 1.807) is 11.0 Å². The van der Waals surface area contributed by atoms with Gasteiger partial charge in [0.25, 0.3) is 5.91 Å². The summed E-state index contributed by atoms with van der Waals surface area (Å²) in [6.07, 6.45) is 0. The molecule has 4 rings (SSSR count). The fourth-order valence-electron chi connectivity index (χ4n) is 3.57. The Hall–Kier alpha value is -2.97. The number of piperazine rings is 1. The quantitative estimate of drug-likeness (QED) is 0.598. The molecule has 0 radical (unpaired) electrons. The van der Waals surface area contributed by atoms with Crippen LogP contribution in [0.5, 0.6) is 0 Å². The molecule has 1 amide bonds. The first kappa shape index (κ1) is 20.3. The van der Waals surface area contributed by atoms with Crippen molar-refractivity contribution in [2.75, 3.05) is 26.2 Å². The first-order valence-corrected chi connectivity index (χ1v) is 11.1. The highest BCUT2D eigenvalue weighted by molar-refractivity contribution is 7.89. The van der Waals surface area contributed by atoms with E-state index in [-0.39, 0.29) is 48.5 Å². The summed E-state index contributed by atoms with van der Waals surface area (Å²) in [5.41, 5.74) is 2.20. The summed E-state index contributed by atoms with van der Waals surface area (Å²) in [5.74, 6) is -0.106. The number of ketones is 1. The highest BCUT2D eigenvalue weighted by atomic mass is 32.2. The Kier molecular flexibility index (Phi) is 5.21. The Balaban J connectivity index is 1.45. The second kappa shape index (κ2) is 7.70. The van der Waals surface area contributed by atoms with Crippen LogP contribution in [-0.2, 0) is 10.0 Å². The third-order valence-corrected chi connectivity index (χ3v) is 7.22. The van der Waals surface area contributed by atoms with E-state index in [2.05, 4.69) is 0 Å². The van der Waals surface area contributed by atoms with Crippen molar-refractivity contribution in [3.8, 4) is 0 Å². The van der Waals surface area contributed by atoms with Gasteiger partial charge in [-0.3, -0.25) is 9.59 Å². The number of nitrogens with zero attached hydrogens (tertiary/aromatic N) is 2. The number of aryl methyl sites for hydroxylation is 1. The molecule has 0 N–H and O–H groups in total. The van der Waals surface area contributed by atoms with Gasteiger partial charge in [-0.05, 0) is 44.2 Å². The van der Waals surface area contributed by atoms with Crippen molar-refractivity contribution < 1.29 is 22.4 Å². The lowest BCUT2D eigenvalue weighted by Crippen LogP contribution is -2.50. The standard InChI is InChI=1S/C22H22N2O5S/c1-15-3-8-20-18(13-15)14-21(29-20)22(26)23-9-11-24(12-10-23)30(27,28)19-6-4-17(5-7-19)16(2)25/h3-8,13-14H,9-12H2,1-2H3. The van der Waals surface area contributed by atoms with Crippen LogP contribution in [0.1, 0.15) is 33.4 Å². The normalized spacial score (nSPS) is 15.5. The fourth-order valence-corrected chi connectivity index (χ4v) is 4.99. The molecule has 0 spiro atoms. The van der Waals surface area contributed by atoms with Gasteiger partial charge in [0.15, 0.2) is 11.5 Å². The van der Waals surface area contributed by atoms with Gasteiger partial charge >= 0.3 is 0 Å². The molecule has 1 fully saturated rings. The minimum absolute atomic E-state index is 0.119. The van der Waals surface area contributed by atoms with Gasteiger partial charge in [0.05, 0.1) is 4.90 Å². The molecular formula is C22H22N2O5S. The molecule has 3 aromatic rings. The lowest BCUT2D eigenvalue weighted by Gasteiger charge is -2.33. The van der Waals surface area contributed by atoms with Crippen molar-refractivity contribution in [2.45, 2.75) is 18.7 Å². The van der Waals surface area contributed by atoms with Crippen molar-refractivity contribution in [1.82, 2.24) is 9.21 Å². The van der Waals surface area contributed by atoms with Crippen LogP contribution in [-0.4, -0.2) is 55.5 Å². The number of Topliss-reactive ketones (excluding diaryl/α,β-unsaturated/α-hetero) is 1. The van der Waals surface area contributed by atoms with Crippen LogP contribution in [0.25, 0.3) is 11.0 Å². The number of hydrogen-bond donors (Lipinski definition) is 0. The average Bonchev–Trinajstić information content (AvgIpc) is 3.16. The van der Waals surface area contributed by atoms with Crippen LogP contribution < -0.4 is 0 Å². The molecule has 30 heavy (non-hydrogen) atoms. The molecule has 2 aromatic carbocycles. The second-order valence-corrected chi connectivity index (χ2v) is 9.37. The third-order valence-electron chi connectivity index (χ3n) is 5.31. The Morgan fingerprint density at radius 3 is 2.23 bits per heavy atom. The summed E-state index contributed by atoms with van der Waals surface area (Å²) in [6, 6.07) is 13.4. The van der Waals surface area contributed by atoms with E-state index in [9.17, 15) is 18.0 Å². The third kappa shape index (κ3) is 3.76. The van der Waals surface area contributed by atoms with E-state index in [4.69, 9.17) is 4.42 Å². The highest BCUT2D eigenvalue weighted by Gasteiger charge is 2.31. The molecule has 1 aliphatic heterocycles. The van der Waals surface area contributed by atoms with E-state index in [1.807, 2.05) is 25.1 Å². The number of rotatable bonds is 4. The summed E-state index contributed by atoms with van der Waals surface area (Å²) in [6.45, 7) is 4.35. The number of amides is 1. The molecule has 8 heteroatoms. The predicted octanol–water partition coefficient (Wildman–Crippen LogP) is 3.09. The summed E-state index contributed by atoms with van der Waals surface area (Å²) >= 11 is 0. The topological polar surface area (TPSA) is 87.9 Å². The van der Waals surface area contributed by atoms with E-state index in [1.165, 1.54) is 35.5 Å². The van der Waals surface area contributed by atoms with Gasteiger partial charge in [0.2, 0.25) is 10.0 Å². The molecule has 0 aliphatic carbocycles. The van der Waals surface area contributed by atoms with Crippen molar-refractivity contribution in [3.05, 3.63) is 65.4 Å². The maximum Gasteiger partial charge on any atom is 0.289 e. The van der Waals surface area contributed by atoms with Gasteiger partial charge in [-0.2, -0.15) is 4.31 Å². The number of benzene rings is 2. The average molecular weight is 426 g/mol. The van der Waals surface area contributed by atoms with Crippen molar-refractivity contribution >= 4 is 32.7 Å². The summed E-state index contributed by atoms with van der Waals surface area (Å²) in [7, 11) is -3.68. The Morgan fingerprint density at radius 2 is 1.60 bits per heavy atom. The van der Waals surface area contributed by atoms with Crippen LogP contribution in [0, 0.1) is 6.92 Å². The SMILES string of the molecule is CC(=O)c1ccc(S(=O)(=O)N2CCN(C(=O)c3cc4cc(C)ccc4o3)CC2)cc1. The van der Waals surface area contributed by atoms with Crippen molar-refractivity contribution in [2.24, 2.45) is 0 Å². The molecule has 0 unspecified atom stereocenters. The van der Waals surface area contributed by atoms with Crippen LogP contribution in [0.4, 0.5) is 0 Å². The van der Waals surface area contributed by atoms with Gasteiger partial charge in [0.1, 0.15) is 5.58 Å². The Morgan fingerprint density at radius 1 is 0.933 bits per heavy atom. The molecule has 0 bridgehead atoms. The Bertz CT molecular complexity index is 1220. The number of furan rings is 1. The number of fused-ring (bicyclic) bond motifs is 1. The first-order chi connectivity index (χ1) is 14.3. The second-order valence-electron chi connectivity index (χ2n) is 7.43. The molecular weight excluding hydrogens is 404 g/mol. The zero-order chi connectivity index (χ0) is 21.5. The van der Waals surface area contributed by atoms with Gasteiger partial charge in [-0.1, -0.05) is 23.8 Å². The van der Waals surface area contributed by atoms with Gasteiger partial charge in [-0.25, -0.2) is 8.42 Å². The summed E-state index contributed by atoms with van der Waals surface area (Å²) in [4.78, 5) is 26.0. The summed E-state index contributed by atoms with van der Waals surface area (Å²) < 4.78 is 32.8. The summed E-state index contributed by atoms with van der Waals surface area (Å²) in [5, 5.41) is 0.869. The minimum atomic E-state index is -3.68. The lowest BCUT2D eigenvalue weighted by molar-refractivity contribution is 0.0668. The van der Waals surface area contributed by atoms with E-state index < -0.39 is 10.0 Å². The van der Waals surface area contributed by atoms with Crippen molar-refractivity contribution in [1.29, 1.82) is 0 Å². The van der Waals surface area contributed by atoms with Crippen LogP contribution >= 0.6 is 0 Å². The smallest absolute Gasteiger partial charge is 0.289 e. The van der Waals surface area contributed by atoms with Crippen LogP contribution in [0.15, 0.2) is 57.8 Å². The maximum atomic E-state index is 12.9. The number of carbonyl (C=O) groups is 2.